The molecule has 0 unspecified atom stereocenters. The van der Waals surface area contributed by atoms with Crippen LogP contribution in [-0.2, 0) is 0 Å². The summed E-state index contributed by atoms with van der Waals surface area (Å²) in [5, 5.41) is 0. The van der Waals surface area contributed by atoms with Crippen LogP contribution in [0.3, 0.4) is 0 Å². The smallest absolute Gasteiger partial charge is 0.166 e. The highest BCUT2D eigenvalue weighted by Gasteiger charge is 2.23. The first-order valence-electron chi connectivity index (χ1n) is 6.24. The van der Waals surface area contributed by atoms with Crippen LogP contribution in [0.4, 0.5) is 0 Å². The molecule has 20 heavy (non-hydrogen) atoms. The molecule has 1 aromatic rings. The van der Waals surface area contributed by atoms with Gasteiger partial charge in [-0.3, -0.25) is 0 Å². The molecule has 2 rings (SSSR count). The third-order valence-corrected chi connectivity index (χ3v) is 2.74. The van der Waals surface area contributed by atoms with Crippen molar-refractivity contribution in [3.63, 3.8) is 0 Å². The average molecular weight is 268 g/mol. The van der Waals surface area contributed by atoms with Gasteiger partial charge in [0, 0.05) is 11.6 Å². The van der Waals surface area contributed by atoms with E-state index in [0.717, 1.165) is 11.3 Å². The van der Waals surface area contributed by atoms with Crippen molar-refractivity contribution in [2.24, 2.45) is 0 Å². The zero-order valence-corrected chi connectivity index (χ0v) is 11.6. The van der Waals surface area contributed by atoms with Crippen LogP contribution in [0.25, 0.3) is 6.08 Å². The molecule has 0 fully saturated rings. The maximum atomic E-state index is 5.89. The van der Waals surface area contributed by atoms with Gasteiger partial charge in [0.25, 0.3) is 0 Å². The van der Waals surface area contributed by atoms with Crippen LogP contribution in [0.2, 0.25) is 0 Å². The van der Waals surface area contributed by atoms with E-state index in [-0.39, 0.29) is 18.8 Å². The SMILES string of the molecule is C#CCOc1cc2c(cc1OCC#C)OC(C)(C)C=C2. The van der Waals surface area contributed by atoms with E-state index < -0.39 is 0 Å². The van der Waals surface area contributed by atoms with Crippen LogP contribution in [0.15, 0.2) is 18.2 Å². The van der Waals surface area contributed by atoms with Crippen molar-refractivity contribution >= 4 is 6.08 Å². The Morgan fingerprint density at radius 3 is 2.30 bits per heavy atom. The molecule has 0 bridgehead atoms. The van der Waals surface area contributed by atoms with Gasteiger partial charge < -0.3 is 14.2 Å². The van der Waals surface area contributed by atoms with Gasteiger partial charge >= 0.3 is 0 Å². The maximum Gasteiger partial charge on any atom is 0.166 e. The summed E-state index contributed by atoms with van der Waals surface area (Å²) in [6, 6.07) is 3.62. The average Bonchev–Trinajstić information content (AvgIpc) is 2.41. The Morgan fingerprint density at radius 1 is 1.10 bits per heavy atom. The molecule has 0 atom stereocenters. The summed E-state index contributed by atoms with van der Waals surface area (Å²) in [5.41, 5.74) is 0.571. The van der Waals surface area contributed by atoms with E-state index in [0.29, 0.717) is 11.5 Å². The molecule has 0 aromatic heterocycles. The van der Waals surface area contributed by atoms with E-state index in [2.05, 4.69) is 11.8 Å². The van der Waals surface area contributed by atoms with E-state index in [9.17, 15) is 0 Å². The molecule has 0 amide bonds. The first-order valence-corrected chi connectivity index (χ1v) is 6.24. The van der Waals surface area contributed by atoms with Crippen LogP contribution in [0.5, 0.6) is 17.2 Å². The first-order chi connectivity index (χ1) is 9.55. The van der Waals surface area contributed by atoms with Gasteiger partial charge in [-0.15, -0.1) is 12.8 Å². The van der Waals surface area contributed by atoms with Crippen molar-refractivity contribution in [3.8, 4) is 41.9 Å². The topological polar surface area (TPSA) is 27.7 Å². The van der Waals surface area contributed by atoms with Gasteiger partial charge in [-0.05, 0) is 26.0 Å². The minimum absolute atomic E-state index is 0.157. The van der Waals surface area contributed by atoms with Crippen LogP contribution in [0.1, 0.15) is 19.4 Å². The van der Waals surface area contributed by atoms with Gasteiger partial charge in [0.2, 0.25) is 0 Å². The van der Waals surface area contributed by atoms with E-state index in [1.54, 1.807) is 6.07 Å². The monoisotopic (exact) mass is 268 g/mol. The van der Waals surface area contributed by atoms with Gasteiger partial charge in [-0.25, -0.2) is 0 Å². The fourth-order valence-electron chi connectivity index (χ4n) is 1.85. The lowest BCUT2D eigenvalue weighted by molar-refractivity contribution is 0.158. The van der Waals surface area contributed by atoms with Crippen LogP contribution in [-0.4, -0.2) is 18.8 Å². The molecule has 0 aliphatic carbocycles. The first kappa shape index (κ1) is 13.9. The molecule has 0 spiro atoms. The predicted molar refractivity (Wildman–Crippen MR) is 78.8 cm³/mol. The van der Waals surface area contributed by atoms with E-state index in [4.69, 9.17) is 27.1 Å². The molecule has 3 nitrogen and oxygen atoms in total. The molecular formula is C17H16O3. The quantitative estimate of drug-likeness (QED) is 0.786. The highest BCUT2D eigenvalue weighted by Crippen LogP contribution is 2.39. The predicted octanol–water partition coefficient (Wildman–Crippen LogP) is 2.89. The summed E-state index contributed by atoms with van der Waals surface area (Å²) < 4.78 is 16.9. The molecule has 102 valence electrons. The number of fused-ring (bicyclic) bond motifs is 1. The molecule has 1 aliphatic rings. The molecule has 0 saturated carbocycles. The Morgan fingerprint density at radius 2 is 1.70 bits per heavy atom. The summed E-state index contributed by atoms with van der Waals surface area (Å²) >= 11 is 0. The second kappa shape index (κ2) is 5.63. The highest BCUT2D eigenvalue weighted by atomic mass is 16.5. The minimum Gasteiger partial charge on any atom is -0.483 e. The summed E-state index contributed by atoms with van der Waals surface area (Å²) in [7, 11) is 0. The highest BCUT2D eigenvalue weighted by molar-refractivity contribution is 5.66. The Balaban J connectivity index is 2.37. The molecule has 0 N–H and O–H groups in total. The number of hydrogen-bond acceptors (Lipinski definition) is 3. The van der Waals surface area contributed by atoms with Crippen molar-refractivity contribution in [2.45, 2.75) is 19.4 Å². The fraction of sp³-hybridized carbons (Fsp3) is 0.294. The van der Waals surface area contributed by atoms with Crippen molar-refractivity contribution < 1.29 is 14.2 Å². The minimum atomic E-state index is -0.350. The van der Waals surface area contributed by atoms with Crippen LogP contribution < -0.4 is 14.2 Å². The molecule has 0 saturated heterocycles. The van der Waals surface area contributed by atoms with Gasteiger partial charge in [0.05, 0.1) is 0 Å². The van der Waals surface area contributed by atoms with E-state index >= 15 is 0 Å². The third kappa shape index (κ3) is 3.08. The molecule has 1 aromatic carbocycles. The Labute approximate surface area is 119 Å². The molecule has 1 aliphatic heterocycles. The summed E-state index contributed by atoms with van der Waals surface area (Å²) in [6.45, 7) is 4.29. The normalized spacial score (nSPS) is 14.4. The molecule has 1 heterocycles. The van der Waals surface area contributed by atoms with E-state index in [1.165, 1.54) is 0 Å². The lowest BCUT2D eigenvalue weighted by Crippen LogP contribution is -2.27. The third-order valence-electron chi connectivity index (χ3n) is 2.74. The zero-order chi connectivity index (χ0) is 14.6. The Kier molecular flexibility index (Phi) is 3.91. The van der Waals surface area contributed by atoms with Gasteiger partial charge in [0.15, 0.2) is 11.5 Å². The zero-order valence-electron chi connectivity index (χ0n) is 11.6. The number of terminal acetylenes is 2. The van der Waals surface area contributed by atoms with Crippen molar-refractivity contribution in [1.82, 2.24) is 0 Å². The molecule has 3 heteroatoms. The Hall–Kier alpha value is -2.52. The number of rotatable bonds is 4. The standard InChI is InChI=1S/C17H16O3/c1-5-9-18-15-11-13-7-8-17(3,4)20-14(13)12-16(15)19-10-6-2/h1-2,7-8,11-12H,9-10H2,3-4H3. The number of benzene rings is 1. The summed E-state index contributed by atoms with van der Waals surface area (Å²) in [4.78, 5) is 0. The van der Waals surface area contributed by atoms with Gasteiger partial charge in [-0.1, -0.05) is 17.9 Å². The molecular weight excluding hydrogens is 252 g/mol. The second-order valence-corrected chi connectivity index (χ2v) is 4.86. The van der Waals surface area contributed by atoms with Crippen molar-refractivity contribution in [2.75, 3.05) is 13.2 Å². The van der Waals surface area contributed by atoms with Crippen molar-refractivity contribution in [3.05, 3.63) is 23.8 Å². The maximum absolute atomic E-state index is 5.89. The largest absolute Gasteiger partial charge is 0.483 e. The second-order valence-electron chi connectivity index (χ2n) is 4.86. The molecule has 0 radical (unpaired) electrons. The van der Waals surface area contributed by atoms with Crippen LogP contribution >= 0.6 is 0 Å². The van der Waals surface area contributed by atoms with Crippen molar-refractivity contribution in [1.29, 1.82) is 0 Å². The lowest BCUT2D eigenvalue weighted by atomic mass is 10.0. The number of ether oxygens (including phenoxy) is 3. The van der Waals surface area contributed by atoms with E-state index in [1.807, 2.05) is 32.1 Å². The van der Waals surface area contributed by atoms with Gasteiger partial charge in [-0.2, -0.15) is 0 Å². The number of hydrogen-bond donors (Lipinski definition) is 0. The van der Waals surface area contributed by atoms with Crippen LogP contribution in [0, 0.1) is 24.7 Å². The lowest BCUT2D eigenvalue weighted by Gasteiger charge is -2.28. The fourth-order valence-corrected chi connectivity index (χ4v) is 1.85. The van der Waals surface area contributed by atoms with Gasteiger partial charge in [0.1, 0.15) is 24.6 Å². The Bertz CT molecular complexity index is 612. The summed E-state index contributed by atoms with van der Waals surface area (Å²) in [6.07, 6.45) is 14.4. The summed E-state index contributed by atoms with van der Waals surface area (Å²) in [5.74, 6) is 6.67.